The van der Waals surface area contributed by atoms with Crippen molar-refractivity contribution in [2.24, 2.45) is 5.73 Å². The van der Waals surface area contributed by atoms with Gasteiger partial charge in [-0.3, -0.25) is 14.4 Å². The summed E-state index contributed by atoms with van der Waals surface area (Å²) in [7, 11) is 0. The van der Waals surface area contributed by atoms with Crippen molar-refractivity contribution >= 4 is 58.1 Å². The molecule has 0 fully saturated rings. The van der Waals surface area contributed by atoms with Crippen molar-refractivity contribution in [1.29, 1.82) is 0 Å². The Kier molecular flexibility index (Phi) is 10.5. The molecule has 244 valence electrons. The van der Waals surface area contributed by atoms with E-state index in [-0.39, 0.29) is 30.8 Å². The molecule has 4 unspecified atom stereocenters. The molecule has 13 heteroatoms. The number of hydrogen-bond acceptors (Lipinski definition) is 7. The first-order valence-corrected chi connectivity index (χ1v) is 15.6. The number of carboxylic acid groups (broad SMARTS) is 1. The highest BCUT2D eigenvalue weighted by molar-refractivity contribution is 7.80. The van der Waals surface area contributed by atoms with Gasteiger partial charge in [0.1, 0.15) is 23.9 Å². The van der Waals surface area contributed by atoms with E-state index < -0.39 is 47.9 Å². The third kappa shape index (κ3) is 8.12. The molecule has 0 radical (unpaired) electrons. The van der Waals surface area contributed by atoms with Crippen LogP contribution in [0.2, 0.25) is 0 Å². The zero-order valence-electron chi connectivity index (χ0n) is 25.3. The Balaban J connectivity index is 1.42. The molecule has 4 atom stereocenters. The van der Waals surface area contributed by atoms with Crippen LogP contribution in [0, 0.1) is 0 Å². The summed E-state index contributed by atoms with van der Waals surface area (Å²) in [6.45, 7) is 0. The number of thiol groups is 1. The van der Waals surface area contributed by atoms with Gasteiger partial charge in [0.15, 0.2) is 0 Å². The molecule has 0 saturated heterocycles. The Morgan fingerprint density at radius 1 is 0.681 bits per heavy atom. The molecule has 9 N–H and O–H groups in total. The van der Waals surface area contributed by atoms with Crippen molar-refractivity contribution < 1.29 is 29.4 Å². The molecule has 0 aliphatic heterocycles. The van der Waals surface area contributed by atoms with Crippen LogP contribution >= 0.6 is 12.6 Å². The lowest BCUT2D eigenvalue weighted by molar-refractivity contribution is -0.142. The highest BCUT2D eigenvalue weighted by Gasteiger charge is 2.31. The van der Waals surface area contributed by atoms with Gasteiger partial charge >= 0.3 is 5.97 Å². The van der Waals surface area contributed by atoms with Gasteiger partial charge in [-0.25, -0.2) is 4.79 Å². The lowest BCUT2D eigenvalue weighted by Gasteiger charge is -2.25. The Morgan fingerprint density at radius 2 is 1.15 bits per heavy atom. The minimum atomic E-state index is -1.30. The number of phenols is 1. The third-order valence-electron chi connectivity index (χ3n) is 7.99. The molecule has 3 amide bonds. The van der Waals surface area contributed by atoms with Crippen LogP contribution in [0.3, 0.4) is 0 Å². The monoisotopic (exact) mass is 656 g/mol. The average Bonchev–Trinajstić information content (AvgIpc) is 3.68. The molecule has 47 heavy (non-hydrogen) atoms. The maximum atomic E-state index is 13.9. The fourth-order valence-corrected chi connectivity index (χ4v) is 5.60. The zero-order valence-corrected chi connectivity index (χ0v) is 26.2. The van der Waals surface area contributed by atoms with Gasteiger partial charge in [0.25, 0.3) is 0 Å². The summed E-state index contributed by atoms with van der Waals surface area (Å²) in [5.74, 6) is -3.16. The minimum Gasteiger partial charge on any atom is -0.508 e. The number of aromatic amines is 2. The molecule has 5 rings (SSSR count). The molecule has 0 spiro atoms. The van der Waals surface area contributed by atoms with E-state index in [2.05, 4.69) is 38.5 Å². The van der Waals surface area contributed by atoms with Crippen molar-refractivity contribution in [3.05, 3.63) is 102 Å². The van der Waals surface area contributed by atoms with Gasteiger partial charge in [0, 0.05) is 59.2 Å². The quantitative estimate of drug-likeness (QED) is 0.0815. The first-order chi connectivity index (χ1) is 22.6. The molecule has 0 aliphatic carbocycles. The fourth-order valence-electron chi connectivity index (χ4n) is 5.43. The molecular weight excluding hydrogens is 620 g/mol. The summed E-state index contributed by atoms with van der Waals surface area (Å²) in [6, 6.07) is 16.4. The summed E-state index contributed by atoms with van der Waals surface area (Å²) in [4.78, 5) is 59.2. The summed E-state index contributed by atoms with van der Waals surface area (Å²) in [5.41, 5.74) is 9.59. The number of aromatic nitrogens is 2. The van der Waals surface area contributed by atoms with E-state index in [1.165, 1.54) is 12.1 Å². The number of carboxylic acids is 1. The number of nitrogens with one attached hydrogen (secondary N) is 5. The van der Waals surface area contributed by atoms with Gasteiger partial charge in [-0.15, -0.1) is 0 Å². The van der Waals surface area contributed by atoms with Crippen molar-refractivity contribution in [1.82, 2.24) is 25.9 Å². The molecule has 2 heterocycles. The van der Waals surface area contributed by atoms with Gasteiger partial charge in [-0.1, -0.05) is 48.5 Å². The van der Waals surface area contributed by atoms with Gasteiger partial charge in [0.05, 0.1) is 6.04 Å². The van der Waals surface area contributed by atoms with Crippen molar-refractivity contribution in [3.63, 3.8) is 0 Å². The predicted octanol–water partition coefficient (Wildman–Crippen LogP) is 2.18. The van der Waals surface area contributed by atoms with Crippen molar-refractivity contribution in [2.75, 3.05) is 5.75 Å². The van der Waals surface area contributed by atoms with Gasteiger partial charge < -0.3 is 41.9 Å². The number of nitrogens with two attached hydrogens (primary N) is 1. The summed E-state index contributed by atoms with van der Waals surface area (Å²) in [6.07, 6.45) is 3.50. The van der Waals surface area contributed by atoms with E-state index in [0.717, 1.165) is 27.4 Å². The van der Waals surface area contributed by atoms with Gasteiger partial charge in [0.2, 0.25) is 17.7 Å². The summed E-state index contributed by atoms with van der Waals surface area (Å²) in [5, 5.41) is 29.5. The topological polar surface area (TPSA) is 202 Å². The Hall–Kier alpha value is -5.27. The molecule has 0 aliphatic rings. The number of phenolic OH excluding ortho intramolecular Hbond substituents is 1. The first-order valence-electron chi connectivity index (χ1n) is 15.0. The van der Waals surface area contributed by atoms with E-state index in [1.54, 1.807) is 24.5 Å². The Labute approximate surface area is 275 Å². The maximum absolute atomic E-state index is 13.9. The number of aliphatic carboxylic acids is 1. The second-order valence-electron chi connectivity index (χ2n) is 11.3. The first kappa shape index (κ1) is 33.1. The number of carbonyl (C=O) groups is 4. The van der Waals surface area contributed by atoms with E-state index in [1.807, 2.05) is 48.5 Å². The van der Waals surface area contributed by atoms with Gasteiger partial charge in [-0.05, 0) is 41.0 Å². The van der Waals surface area contributed by atoms with Crippen LogP contribution in [0.15, 0.2) is 85.2 Å². The Bertz CT molecular complexity index is 1890. The Morgan fingerprint density at radius 3 is 1.68 bits per heavy atom. The second-order valence-corrected chi connectivity index (χ2v) is 11.7. The van der Waals surface area contributed by atoms with E-state index in [4.69, 9.17) is 5.73 Å². The molecule has 0 bridgehead atoms. The average molecular weight is 657 g/mol. The number of H-pyrrole nitrogens is 2. The maximum Gasteiger partial charge on any atom is 0.326 e. The number of amides is 3. The van der Waals surface area contributed by atoms with E-state index in [9.17, 15) is 29.4 Å². The smallest absolute Gasteiger partial charge is 0.326 e. The summed E-state index contributed by atoms with van der Waals surface area (Å²) < 4.78 is 0. The third-order valence-corrected chi connectivity index (χ3v) is 8.38. The lowest BCUT2D eigenvalue weighted by Crippen LogP contribution is -2.58. The van der Waals surface area contributed by atoms with E-state index in [0.29, 0.717) is 11.1 Å². The SMILES string of the molecule is NC(CS)C(=O)NC(Cc1ccc(O)cc1)C(=O)NC(Cc1c[nH]c2ccccc12)C(=O)NC(Cc1c[nH]c2ccccc12)C(=O)O. The number of benzene rings is 3. The number of aromatic hydroxyl groups is 1. The second kappa shape index (κ2) is 14.9. The van der Waals surface area contributed by atoms with E-state index >= 15 is 0 Å². The van der Waals surface area contributed by atoms with Crippen molar-refractivity contribution in [3.8, 4) is 5.75 Å². The predicted molar refractivity (Wildman–Crippen MR) is 181 cm³/mol. The van der Waals surface area contributed by atoms with Gasteiger partial charge in [-0.2, -0.15) is 12.6 Å². The summed E-state index contributed by atoms with van der Waals surface area (Å²) >= 11 is 4.08. The highest BCUT2D eigenvalue weighted by Crippen LogP contribution is 2.21. The zero-order chi connectivity index (χ0) is 33.5. The molecular formula is C34H36N6O6S. The minimum absolute atomic E-state index is 0.0000103. The normalized spacial score (nSPS) is 13.8. The number of para-hydroxylation sites is 2. The number of hydrogen-bond donors (Lipinski definition) is 9. The number of carbonyl (C=O) groups excluding carboxylic acids is 3. The van der Waals surface area contributed by atoms with Crippen LogP contribution < -0.4 is 21.7 Å². The van der Waals surface area contributed by atoms with Crippen LogP contribution in [-0.4, -0.2) is 73.8 Å². The van der Waals surface area contributed by atoms with Crippen LogP contribution in [0.4, 0.5) is 0 Å². The largest absolute Gasteiger partial charge is 0.508 e. The standard InChI is InChI=1S/C34H36N6O6S/c35-25(18-47)31(42)38-28(13-19-9-11-22(41)12-10-19)32(43)39-29(14-20-16-36-26-7-3-1-5-23(20)26)33(44)40-30(34(45)46)15-21-17-37-27-8-4-2-6-24(21)27/h1-12,16-17,25,28-30,36-37,41,47H,13-15,18,35H2,(H,38,42)(H,39,43)(H,40,44)(H,45,46). The van der Waals surface area contributed by atoms with Crippen LogP contribution in [-0.2, 0) is 38.4 Å². The van der Waals surface area contributed by atoms with Crippen LogP contribution in [0.25, 0.3) is 21.8 Å². The number of fused-ring (bicyclic) bond motifs is 2. The number of rotatable bonds is 14. The molecule has 3 aromatic carbocycles. The molecule has 5 aromatic rings. The molecule has 12 nitrogen and oxygen atoms in total. The highest BCUT2D eigenvalue weighted by atomic mass is 32.1. The lowest BCUT2D eigenvalue weighted by atomic mass is 10.0. The molecule has 0 saturated carbocycles. The van der Waals surface area contributed by atoms with Crippen molar-refractivity contribution in [2.45, 2.75) is 43.4 Å². The van der Waals surface area contributed by atoms with Crippen LogP contribution in [0.1, 0.15) is 16.7 Å². The fraction of sp³-hybridized carbons (Fsp3) is 0.235. The van der Waals surface area contributed by atoms with Crippen LogP contribution in [0.5, 0.6) is 5.75 Å². The molecule has 2 aromatic heterocycles.